The van der Waals surface area contributed by atoms with E-state index in [1.54, 1.807) is 12.1 Å². The molecular formula is C11H10ClNO2S. The predicted octanol–water partition coefficient (Wildman–Crippen LogP) is 3.49. The van der Waals surface area contributed by atoms with Gasteiger partial charge in [0.15, 0.2) is 5.76 Å². The molecule has 0 bridgehead atoms. The minimum Gasteiger partial charge on any atom is -0.459 e. The molecular weight excluding hydrogens is 246 g/mol. The van der Waals surface area contributed by atoms with Gasteiger partial charge in [0, 0.05) is 4.88 Å². The molecule has 0 aromatic carbocycles. The van der Waals surface area contributed by atoms with Crippen LogP contribution in [-0.4, -0.2) is 5.91 Å². The molecule has 84 valence electrons. The molecule has 16 heavy (non-hydrogen) atoms. The summed E-state index contributed by atoms with van der Waals surface area (Å²) in [6.45, 7) is 1.91. The highest BCUT2D eigenvalue weighted by Gasteiger charge is 2.14. The monoisotopic (exact) mass is 255 g/mol. The van der Waals surface area contributed by atoms with Crippen molar-refractivity contribution >= 4 is 28.8 Å². The fourth-order valence-corrected chi connectivity index (χ4v) is 2.37. The molecule has 0 spiro atoms. The maximum atomic E-state index is 11.7. The van der Waals surface area contributed by atoms with Crippen LogP contribution in [0, 0.1) is 0 Å². The molecule has 5 heteroatoms. The predicted molar refractivity (Wildman–Crippen MR) is 63.9 cm³/mol. The number of thiophene rings is 1. The average Bonchev–Trinajstić information content (AvgIpc) is 2.87. The Hall–Kier alpha value is -1.26. The van der Waals surface area contributed by atoms with Crippen LogP contribution in [0.1, 0.15) is 28.4 Å². The van der Waals surface area contributed by atoms with E-state index in [-0.39, 0.29) is 11.9 Å². The molecule has 2 heterocycles. The Morgan fingerprint density at radius 3 is 2.88 bits per heavy atom. The van der Waals surface area contributed by atoms with Crippen LogP contribution in [0.15, 0.2) is 34.9 Å². The summed E-state index contributed by atoms with van der Waals surface area (Å²) in [5.74, 6) is 0.0940. The number of halogens is 1. The molecule has 3 nitrogen and oxygen atoms in total. The molecule has 0 saturated carbocycles. The maximum Gasteiger partial charge on any atom is 0.287 e. The van der Waals surface area contributed by atoms with Gasteiger partial charge in [-0.2, -0.15) is 0 Å². The Morgan fingerprint density at radius 2 is 2.31 bits per heavy atom. The summed E-state index contributed by atoms with van der Waals surface area (Å²) in [5.41, 5.74) is 0. The highest BCUT2D eigenvalue weighted by atomic mass is 35.5. The van der Waals surface area contributed by atoms with Gasteiger partial charge in [-0.1, -0.05) is 11.6 Å². The molecule has 0 aliphatic heterocycles. The summed E-state index contributed by atoms with van der Waals surface area (Å²) in [7, 11) is 0. The van der Waals surface area contributed by atoms with E-state index in [1.165, 1.54) is 17.6 Å². The van der Waals surface area contributed by atoms with E-state index in [4.69, 9.17) is 16.0 Å². The first-order chi connectivity index (χ1) is 7.66. The number of carbonyl (C=O) groups excluding carboxylic acids is 1. The summed E-state index contributed by atoms with van der Waals surface area (Å²) in [6.07, 6.45) is 1.47. The summed E-state index contributed by atoms with van der Waals surface area (Å²) in [4.78, 5) is 12.7. The Bertz CT molecular complexity index is 478. The van der Waals surface area contributed by atoms with Crippen LogP contribution in [0.25, 0.3) is 0 Å². The first-order valence-electron chi connectivity index (χ1n) is 4.76. The first-order valence-corrected chi connectivity index (χ1v) is 5.96. The van der Waals surface area contributed by atoms with Crippen molar-refractivity contribution in [3.63, 3.8) is 0 Å². The second kappa shape index (κ2) is 4.72. The normalized spacial score (nSPS) is 12.4. The Labute approximate surface area is 102 Å². The van der Waals surface area contributed by atoms with E-state index >= 15 is 0 Å². The van der Waals surface area contributed by atoms with Crippen LogP contribution < -0.4 is 5.32 Å². The topological polar surface area (TPSA) is 42.2 Å². The van der Waals surface area contributed by atoms with Crippen molar-refractivity contribution in [2.75, 3.05) is 0 Å². The lowest BCUT2D eigenvalue weighted by atomic mass is 10.2. The third kappa shape index (κ3) is 2.46. The summed E-state index contributed by atoms with van der Waals surface area (Å²) in [6, 6.07) is 6.96. The van der Waals surface area contributed by atoms with Crippen LogP contribution in [-0.2, 0) is 0 Å². The molecule has 0 aliphatic rings. The van der Waals surface area contributed by atoms with Crippen molar-refractivity contribution in [1.29, 1.82) is 0 Å². The van der Waals surface area contributed by atoms with Crippen molar-refractivity contribution in [1.82, 2.24) is 5.32 Å². The Balaban J connectivity index is 2.03. The number of hydrogen-bond donors (Lipinski definition) is 1. The van der Waals surface area contributed by atoms with Crippen LogP contribution in [0.4, 0.5) is 0 Å². The van der Waals surface area contributed by atoms with Crippen molar-refractivity contribution in [3.8, 4) is 0 Å². The van der Waals surface area contributed by atoms with Crippen LogP contribution >= 0.6 is 22.9 Å². The second-order valence-corrected chi connectivity index (χ2v) is 5.06. The van der Waals surface area contributed by atoms with Gasteiger partial charge in [-0.15, -0.1) is 11.3 Å². The summed E-state index contributed by atoms with van der Waals surface area (Å²) >= 11 is 7.28. The lowest BCUT2D eigenvalue weighted by Crippen LogP contribution is -2.25. The van der Waals surface area contributed by atoms with E-state index in [9.17, 15) is 4.79 Å². The smallest absolute Gasteiger partial charge is 0.287 e. The molecule has 0 fully saturated rings. The van der Waals surface area contributed by atoms with Gasteiger partial charge < -0.3 is 9.73 Å². The third-order valence-electron chi connectivity index (χ3n) is 2.11. The van der Waals surface area contributed by atoms with Gasteiger partial charge >= 0.3 is 0 Å². The number of nitrogens with one attached hydrogen (secondary N) is 1. The zero-order valence-electron chi connectivity index (χ0n) is 8.57. The molecule has 2 rings (SSSR count). The number of carbonyl (C=O) groups is 1. The summed E-state index contributed by atoms with van der Waals surface area (Å²) in [5, 5.41) is 2.83. The van der Waals surface area contributed by atoms with Crippen molar-refractivity contribution < 1.29 is 9.21 Å². The zero-order valence-corrected chi connectivity index (χ0v) is 10.1. The molecule has 2 aromatic rings. The SMILES string of the molecule is C[C@H](NC(=O)c1ccco1)c1ccc(Cl)s1. The van der Waals surface area contributed by atoms with Gasteiger partial charge in [0.2, 0.25) is 0 Å². The molecule has 0 radical (unpaired) electrons. The number of rotatable bonds is 3. The molecule has 0 saturated heterocycles. The summed E-state index contributed by atoms with van der Waals surface area (Å²) < 4.78 is 5.72. The highest BCUT2D eigenvalue weighted by molar-refractivity contribution is 7.16. The lowest BCUT2D eigenvalue weighted by molar-refractivity contribution is 0.0912. The van der Waals surface area contributed by atoms with Gasteiger partial charge in [0.25, 0.3) is 5.91 Å². The minimum atomic E-state index is -0.220. The van der Waals surface area contributed by atoms with Gasteiger partial charge in [-0.05, 0) is 31.2 Å². The minimum absolute atomic E-state index is 0.0740. The molecule has 2 aromatic heterocycles. The van der Waals surface area contributed by atoms with Crippen molar-refractivity contribution in [2.24, 2.45) is 0 Å². The fourth-order valence-electron chi connectivity index (χ4n) is 1.31. The van der Waals surface area contributed by atoms with E-state index in [1.807, 2.05) is 19.1 Å². The molecule has 0 unspecified atom stereocenters. The van der Waals surface area contributed by atoms with Crippen LogP contribution in [0.2, 0.25) is 4.34 Å². The van der Waals surface area contributed by atoms with Gasteiger partial charge in [0.05, 0.1) is 16.6 Å². The van der Waals surface area contributed by atoms with Crippen molar-refractivity contribution in [2.45, 2.75) is 13.0 Å². The lowest BCUT2D eigenvalue weighted by Gasteiger charge is -2.10. The van der Waals surface area contributed by atoms with Crippen LogP contribution in [0.5, 0.6) is 0 Å². The molecule has 1 N–H and O–H groups in total. The molecule has 1 atom stereocenters. The average molecular weight is 256 g/mol. The number of hydrogen-bond acceptors (Lipinski definition) is 3. The molecule has 1 amide bonds. The van der Waals surface area contributed by atoms with E-state index in [2.05, 4.69) is 5.32 Å². The Kier molecular flexibility index (Phi) is 3.31. The zero-order chi connectivity index (χ0) is 11.5. The van der Waals surface area contributed by atoms with Gasteiger partial charge in [-0.3, -0.25) is 4.79 Å². The Morgan fingerprint density at radius 1 is 1.50 bits per heavy atom. The van der Waals surface area contributed by atoms with E-state index in [0.717, 1.165) is 4.88 Å². The van der Waals surface area contributed by atoms with E-state index in [0.29, 0.717) is 10.1 Å². The fraction of sp³-hybridized carbons (Fsp3) is 0.182. The largest absolute Gasteiger partial charge is 0.459 e. The highest BCUT2D eigenvalue weighted by Crippen LogP contribution is 2.26. The van der Waals surface area contributed by atoms with Crippen LogP contribution in [0.3, 0.4) is 0 Å². The molecule has 0 aliphatic carbocycles. The first kappa shape index (κ1) is 11.2. The van der Waals surface area contributed by atoms with Crippen molar-refractivity contribution in [3.05, 3.63) is 45.5 Å². The maximum absolute atomic E-state index is 11.7. The standard InChI is InChI=1S/C11H10ClNO2S/c1-7(9-4-5-10(12)16-9)13-11(14)8-3-2-6-15-8/h2-7H,1H3,(H,13,14)/t7-/m0/s1. The quantitative estimate of drug-likeness (QED) is 0.912. The third-order valence-corrected chi connectivity index (χ3v) is 3.53. The van der Waals surface area contributed by atoms with Gasteiger partial charge in [-0.25, -0.2) is 0 Å². The van der Waals surface area contributed by atoms with E-state index < -0.39 is 0 Å². The second-order valence-electron chi connectivity index (χ2n) is 3.31. The number of amides is 1. The number of furan rings is 1. The van der Waals surface area contributed by atoms with Gasteiger partial charge in [0.1, 0.15) is 0 Å².